The number of hydrogen-bond donors (Lipinski definition) is 0. The van der Waals surface area contributed by atoms with Crippen molar-refractivity contribution in [2.75, 3.05) is 13.2 Å². The van der Waals surface area contributed by atoms with Gasteiger partial charge < -0.3 is 8.85 Å². The normalized spacial score (nSPS) is 11.7. The van der Waals surface area contributed by atoms with E-state index in [1.807, 2.05) is 6.92 Å². The van der Waals surface area contributed by atoms with Crippen molar-refractivity contribution in [2.24, 2.45) is 0 Å². The highest BCUT2D eigenvalue weighted by atomic mass is 28.4. The standard InChI is InChI=1S/C12H26O2Si/c1-6-7-8-10-13-15(4,5)14-11-9-12(2)3/h2,6-11H2,1,3-5H3. The van der Waals surface area contributed by atoms with Crippen molar-refractivity contribution < 1.29 is 8.85 Å². The Balaban J connectivity index is 3.53. The van der Waals surface area contributed by atoms with Crippen molar-refractivity contribution in [3.8, 4) is 0 Å². The molecule has 0 aromatic carbocycles. The van der Waals surface area contributed by atoms with Gasteiger partial charge in [0.1, 0.15) is 0 Å². The molecule has 0 aliphatic carbocycles. The molecule has 0 saturated heterocycles. The van der Waals surface area contributed by atoms with E-state index in [2.05, 4.69) is 26.6 Å². The quantitative estimate of drug-likeness (QED) is 0.340. The molecule has 3 heteroatoms. The van der Waals surface area contributed by atoms with Crippen LogP contribution >= 0.6 is 0 Å². The van der Waals surface area contributed by atoms with E-state index in [1.54, 1.807) is 0 Å². The van der Waals surface area contributed by atoms with Gasteiger partial charge in [-0.2, -0.15) is 0 Å². The van der Waals surface area contributed by atoms with E-state index in [0.717, 1.165) is 26.1 Å². The van der Waals surface area contributed by atoms with Crippen LogP contribution in [0.1, 0.15) is 39.5 Å². The first kappa shape index (κ1) is 14.9. The Hall–Kier alpha value is -0.123. The Bertz CT molecular complexity index is 178. The van der Waals surface area contributed by atoms with E-state index in [-0.39, 0.29) is 0 Å². The summed E-state index contributed by atoms with van der Waals surface area (Å²) in [4.78, 5) is 0. The minimum absolute atomic E-state index is 0.752. The van der Waals surface area contributed by atoms with Crippen molar-refractivity contribution in [2.45, 2.75) is 52.6 Å². The van der Waals surface area contributed by atoms with Crippen molar-refractivity contribution in [3.63, 3.8) is 0 Å². The van der Waals surface area contributed by atoms with Gasteiger partial charge in [-0.3, -0.25) is 0 Å². The summed E-state index contributed by atoms with van der Waals surface area (Å²) in [7, 11) is -1.86. The molecule has 0 saturated carbocycles. The Kier molecular flexibility index (Phi) is 8.01. The van der Waals surface area contributed by atoms with E-state index in [4.69, 9.17) is 8.85 Å². The summed E-state index contributed by atoms with van der Waals surface area (Å²) >= 11 is 0. The maximum absolute atomic E-state index is 5.80. The smallest absolute Gasteiger partial charge is 0.331 e. The van der Waals surface area contributed by atoms with Crippen LogP contribution in [-0.2, 0) is 8.85 Å². The van der Waals surface area contributed by atoms with Crippen LogP contribution < -0.4 is 0 Å². The average molecular weight is 230 g/mol. The fourth-order valence-electron chi connectivity index (χ4n) is 1.18. The molecule has 0 unspecified atom stereocenters. The maximum atomic E-state index is 5.80. The molecule has 0 aromatic rings. The van der Waals surface area contributed by atoms with E-state index in [0.29, 0.717) is 0 Å². The fraction of sp³-hybridized carbons (Fsp3) is 0.833. The van der Waals surface area contributed by atoms with Crippen LogP contribution in [0.5, 0.6) is 0 Å². The SMILES string of the molecule is C=C(C)CCO[Si](C)(C)OCCCCC. The minimum Gasteiger partial charge on any atom is -0.395 e. The molecule has 0 bridgehead atoms. The molecule has 0 atom stereocenters. The zero-order valence-corrected chi connectivity index (χ0v) is 11.8. The molecule has 0 aromatic heterocycles. The molecule has 15 heavy (non-hydrogen) atoms. The third-order valence-electron chi connectivity index (χ3n) is 2.18. The van der Waals surface area contributed by atoms with Crippen LogP contribution in [0.25, 0.3) is 0 Å². The van der Waals surface area contributed by atoms with E-state index < -0.39 is 8.56 Å². The van der Waals surface area contributed by atoms with E-state index in [1.165, 1.54) is 18.4 Å². The van der Waals surface area contributed by atoms with Gasteiger partial charge in [0.2, 0.25) is 0 Å². The molecule has 0 fully saturated rings. The highest BCUT2D eigenvalue weighted by Crippen LogP contribution is 2.09. The van der Waals surface area contributed by atoms with Gasteiger partial charge in [-0.15, -0.1) is 6.58 Å². The van der Waals surface area contributed by atoms with Crippen LogP contribution in [0.2, 0.25) is 13.1 Å². The molecule has 0 rings (SSSR count). The number of unbranched alkanes of at least 4 members (excludes halogenated alkanes) is 2. The summed E-state index contributed by atoms with van der Waals surface area (Å²) in [6.45, 7) is 13.9. The second-order valence-electron chi connectivity index (χ2n) is 4.51. The largest absolute Gasteiger partial charge is 0.395 e. The number of rotatable bonds is 9. The molecule has 0 N–H and O–H groups in total. The summed E-state index contributed by atoms with van der Waals surface area (Å²) < 4.78 is 11.6. The zero-order valence-electron chi connectivity index (χ0n) is 10.8. The highest BCUT2D eigenvalue weighted by molar-refractivity contribution is 6.64. The third-order valence-corrected chi connectivity index (χ3v) is 3.97. The predicted molar refractivity (Wildman–Crippen MR) is 68.3 cm³/mol. The topological polar surface area (TPSA) is 18.5 Å². The third kappa shape index (κ3) is 10.2. The lowest BCUT2D eigenvalue weighted by molar-refractivity contribution is 0.178. The van der Waals surface area contributed by atoms with Crippen LogP contribution in [0, 0.1) is 0 Å². The Labute approximate surface area is 95.9 Å². The molecule has 90 valence electrons. The highest BCUT2D eigenvalue weighted by Gasteiger charge is 2.23. The van der Waals surface area contributed by atoms with Crippen LogP contribution in [0.3, 0.4) is 0 Å². The zero-order chi connectivity index (χ0) is 11.7. The lowest BCUT2D eigenvalue weighted by Crippen LogP contribution is -2.35. The predicted octanol–water partition coefficient (Wildman–Crippen LogP) is 3.88. The van der Waals surface area contributed by atoms with Gasteiger partial charge >= 0.3 is 8.56 Å². The lowest BCUT2D eigenvalue weighted by atomic mass is 10.3. The van der Waals surface area contributed by atoms with Crippen LogP contribution in [0.4, 0.5) is 0 Å². The van der Waals surface area contributed by atoms with Crippen molar-refractivity contribution >= 4 is 8.56 Å². The van der Waals surface area contributed by atoms with E-state index >= 15 is 0 Å². The first-order valence-corrected chi connectivity index (χ1v) is 8.72. The molecule has 2 nitrogen and oxygen atoms in total. The second-order valence-corrected chi connectivity index (χ2v) is 7.89. The molecule has 0 aliphatic rings. The summed E-state index contributed by atoms with van der Waals surface area (Å²) in [5.74, 6) is 0. The molecule has 0 radical (unpaired) electrons. The summed E-state index contributed by atoms with van der Waals surface area (Å²) in [6, 6.07) is 0. The van der Waals surface area contributed by atoms with Gasteiger partial charge in [0.05, 0.1) is 0 Å². The Morgan fingerprint density at radius 3 is 2.27 bits per heavy atom. The van der Waals surface area contributed by atoms with Gasteiger partial charge in [-0.1, -0.05) is 25.3 Å². The molecule has 0 heterocycles. The van der Waals surface area contributed by atoms with Crippen molar-refractivity contribution in [1.29, 1.82) is 0 Å². The molecule has 0 amide bonds. The average Bonchev–Trinajstić information content (AvgIpc) is 2.11. The Morgan fingerprint density at radius 1 is 1.13 bits per heavy atom. The molecular formula is C12H26O2Si. The van der Waals surface area contributed by atoms with E-state index in [9.17, 15) is 0 Å². The summed E-state index contributed by atoms with van der Waals surface area (Å²) in [5.41, 5.74) is 1.17. The van der Waals surface area contributed by atoms with Gasteiger partial charge in [-0.05, 0) is 32.9 Å². The second kappa shape index (κ2) is 8.08. The van der Waals surface area contributed by atoms with Gasteiger partial charge in [0.15, 0.2) is 0 Å². The monoisotopic (exact) mass is 230 g/mol. The summed E-state index contributed by atoms with van der Waals surface area (Å²) in [5, 5.41) is 0. The van der Waals surface area contributed by atoms with Crippen molar-refractivity contribution in [1.82, 2.24) is 0 Å². The van der Waals surface area contributed by atoms with Gasteiger partial charge in [-0.25, -0.2) is 0 Å². The maximum Gasteiger partial charge on any atom is 0.331 e. The van der Waals surface area contributed by atoms with Crippen LogP contribution in [-0.4, -0.2) is 21.8 Å². The minimum atomic E-state index is -1.86. The van der Waals surface area contributed by atoms with Gasteiger partial charge in [0, 0.05) is 13.2 Å². The molecular weight excluding hydrogens is 204 g/mol. The first-order valence-electron chi connectivity index (χ1n) is 5.90. The molecule has 0 aliphatic heterocycles. The van der Waals surface area contributed by atoms with Crippen molar-refractivity contribution in [3.05, 3.63) is 12.2 Å². The molecule has 0 spiro atoms. The fourth-order valence-corrected chi connectivity index (χ4v) is 2.50. The van der Waals surface area contributed by atoms with Crippen LogP contribution in [0.15, 0.2) is 12.2 Å². The summed E-state index contributed by atoms with van der Waals surface area (Å²) in [6.07, 6.45) is 4.57. The number of hydrogen-bond acceptors (Lipinski definition) is 2. The first-order chi connectivity index (χ1) is 6.98. The lowest BCUT2D eigenvalue weighted by Gasteiger charge is -2.22. The Morgan fingerprint density at radius 2 is 1.73 bits per heavy atom. The van der Waals surface area contributed by atoms with Gasteiger partial charge in [0.25, 0.3) is 0 Å².